The van der Waals surface area contributed by atoms with Gasteiger partial charge in [0.25, 0.3) is 0 Å². The molecule has 1 atom stereocenters. The van der Waals surface area contributed by atoms with Crippen LogP contribution >= 0.6 is 0 Å². The minimum atomic E-state index is 0.454. The fourth-order valence-corrected chi connectivity index (χ4v) is 3.76. The van der Waals surface area contributed by atoms with E-state index in [0.717, 1.165) is 0 Å². The fraction of sp³-hybridized carbons (Fsp3) is 1.00. The Labute approximate surface area is 123 Å². The Morgan fingerprint density at radius 2 is 0.833 bits per heavy atom. The summed E-state index contributed by atoms with van der Waals surface area (Å²) in [6.07, 6.45) is 20.8. The van der Waals surface area contributed by atoms with E-state index in [9.17, 15) is 0 Å². The molecule has 0 aliphatic rings. The van der Waals surface area contributed by atoms with Crippen LogP contribution in [0.15, 0.2) is 0 Å². The van der Waals surface area contributed by atoms with E-state index in [2.05, 4.69) is 12.6 Å². The van der Waals surface area contributed by atoms with Crippen molar-refractivity contribution in [3.63, 3.8) is 0 Å². The van der Waals surface area contributed by atoms with Crippen LogP contribution in [-0.4, -0.2) is 15.8 Å². The van der Waals surface area contributed by atoms with Crippen LogP contribution in [0.1, 0.15) is 96.8 Å². The predicted octanol–water partition coefficient (Wildman–Crippen LogP) is 6.37. The molecular weight excluding hydrogens is 279 g/mol. The normalized spacial score (nSPS) is 11.7. The monoisotopic (exact) mass is 316 g/mol. The Morgan fingerprint density at radius 1 is 0.500 bits per heavy atom. The fourth-order valence-electron chi connectivity index (χ4n) is 2.50. The van der Waals surface area contributed by atoms with Crippen LogP contribution in [0.5, 0.6) is 0 Å². The van der Waals surface area contributed by atoms with Gasteiger partial charge in [0.05, 0.1) is 0 Å². The molecule has 1 unspecified atom stereocenters. The predicted molar refractivity (Wildman–Crippen MR) is 88.1 cm³/mol. The van der Waals surface area contributed by atoms with Gasteiger partial charge in [-0.1, -0.05) is 26.2 Å². The van der Waals surface area contributed by atoms with Crippen LogP contribution in [-0.2, 0) is 0 Å². The molecule has 0 radical (unpaired) electrons. The van der Waals surface area contributed by atoms with E-state index in [1.165, 1.54) is 89.9 Å². The van der Waals surface area contributed by atoms with Crippen molar-refractivity contribution in [3.05, 3.63) is 0 Å². The summed E-state index contributed by atoms with van der Waals surface area (Å²) in [7, 11) is 0. The van der Waals surface area contributed by atoms with Gasteiger partial charge in [-0.15, -0.1) is 0 Å². The van der Waals surface area contributed by atoms with Gasteiger partial charge in [-0.3, -0.25) is 0 Å². The van der Waals surface area contributed by atoms with E-state index in [1.807, 2.05) is 0 Å². The zero-order valence-corrected chi connectivity index (χ0v) is 15.2. The molecule has 0 aliphatic heterocycles. The Bertz CT molecular complexity index is 118. The van der Waals surface area contributed by atoms with E-state index in [0.29, 0.717) is 15.8 Å². The van der Waals surface area contributed by atoms with Crippen molar-refractivity contribution in [1.29, 1.82) is 0 Å². The Kier molecular flexibility index (Phi) is 18.1. The molecule has 0 fully saturated rings. The topological polar surface area (TPSA) is 0 Å². The summed E-state index contributed by atoms with van der Waals surface area (Å²) in [5, 5.41) is 1.57. The summed E-state index contributed by atoms with van der Waals surface area (Å²) in [6.45, 7) is 2.30. The molecule has 0 N–H and O–H groups in total. The van der Waals surface area contributed by atoms with Gasteiger partial charge >= 0.3 is 97.3 Å². The Balaban J connectivity index is 2.86. The van der Waals surface area contributed by atoms with E-state index in [4.69, 9.17) is 0 Å². The molecule has 0 aliphatic carbocycles. The van der Waals surface area contributed by atoms with Crippen molar-refractivity contribution in [2.45, 2.75) is 108 Å². The first-order valence-corrected chi connectivity index (χ1v) is 12.1. The molecule has 0 bridgehead atoms. The standard InChI is InChI=1S/C17H37As/c1-3-4-5-6-7-8-9-10-11-12-13-14-15-16-17-18-2/h18H,3-17H2,1-2H3. The number of rotatable bonds is 15. The summed E-state index contributed by atoms with van der Waals surface area (Å²) in [6, 6.07) is 0. The molecule has 0 aromatic heterocycles. The molecule has 0 saturated heterocycles. The van der Waals surface area contributed by atoms with Gasteiger partial charge in [-0.25, -0.2) is 0 Å². The molecule has 18 heavy (non-hydrogen) atoms. The summed E-state index contributed by atoms with van der Waals surface area (Å²) in [4.78, 5) is 0. The maximum absolute atomic E-state index is 2.42. The molecule has 0 rings (SSSR count). The first-order chi connectivity index (χ1) is 8.91. The molecule has 0 spiro atoms. The van der Waals surface area contributed by atoms with Crippen LogP contribution < -0.4 is 0 Å². The average molecular weight is 316 g/mol. The second-order valence-corrected chi connectivity index (χ2v) is 8.23. The summed E-state index contributed by atoms with van der Waals surface area (Å²) in [5.41, 5.74) is 2.42. The van der Waals surface area contributed by atoms with Crippen LogP contribution in [0, 0.1) is 0 Å². The maximum atomic E-state index is 2.42. The summed E-state index contributed by atoms with van der Waals surface area (Å²) < 4.78 is 0. The van der Waals surface area contributed by atoms with E-state index in [1.54, 1.807) is 5.21 Å². The third kappa shape index (κ3) is 16.6. The molecule has 0 heterocycles. The van der Waals surface area contributed by atoms with E-state index < -0.39 is 0 Å². The number of hydrogen-bond donors (Lipinski definition) is 0. The molecule has 0 nitrogen and oxygen atoms in total. The van der Waals surface area contributed by atoms with Crippen molar-refractivity contribution in [2.24, 2.45) is 0 Å². The molecule has 1 heteroatoms. The minimum absolute atomic E-state index is 0.454. The second kappa shape index (κ2) is 17.6. The average Bonchev–Trinajstić information content (AvgIpc) is 2.39. The molecule has 0 aromatic carbocycles. The van der Waals surface area contributed by atoms with Crippen molar-refractivity contribution < 1.29 is 0 Å². The molecule has 0 saturated carbocycles. The number of hydrogen-bond acceptors (Lipinski definition) is 0. The van der Waals surface area contributed by atoms with Crippen LogP contribution in [0.25, 0.3) is 0 Å². The van der Waals surface area contributed by atoms with Gasteiger partial charge in [0.1, 0.15) is 0 Å². The Morgan fingerprint density at radius 3 is 1.17 bits per heavy atom. The van der Waals surface area contributed by atoms with Gasteiger partial charge in [0.2, 0.25) is 0 Å². The molecule has 110 valence electrons. The SMILES string of the molecule is CCCCCCCCCCCCCCCC[AsH]C. The molecule has 0 amide bonds. The second-order valence-electron chi connectivity index (χ2n) is 5.70. The van der Waals surface area contributed by atoms with Crippen LogP contribution in [0.2, 0.25) is 10.9 Å². The van der Waals surface area contributed by atoms with Gasteiger partial charge in [-0.05, 0) is 0 Å². The van der Waals surface area contributed by atoms with Crippen LogP contribution in [0.4, 0.5) is 0 Å². The molecular formula is C17H37As. The van der Waals surface area contributed by atoms with Gasteiger partial charge in [0, 0.05) is 0 Å². The third-order valence-corrected chi connectivity index (χ3v) is 5.57. The van der Waals surface area contributed by atoms with Crippen molar-refractivity contribution in [3.8, 4) is 0 Å². The van der Waals surface area contributed by atoms with E-state index in [-0.39, 0.29) is 0 Å². The van der Waals surface area contributed by atoms with Gasteiger partial charge in [0.15, 0.2) is 0 Å². The van der Waals surface area contributed by atoms with E-state index >= 15 is 0 Å². The molecule has 0 aromatic rings. The quantitative estimate of drug-likeness (QED) is 0.243. The Hall–Kier alpha value is 0.558. The van der Waals surface area contributed by atoms with Crippen LogP contribution in [0.3, 0.4) is 0 Å². The third-order valence-electron chi connectivity index (χ3n) is 3.78. The summed E-state index contributed by atoms with van der Waals surface area (Å²) in [5.74, 6) is 0. The van der Waals surface area contributed by atoms with Gasteiger partial charge < -0.3 is 0 Å². The first kappa shape index (κ1) is 18.6. The van der Waals surface area contributed by atoms with Gasteiger partial charge in [-0.2, -0.15) is 0 Å². The van der Waals surface area contributed by atoms with Crippen molar-refractivity contribution >= 4 is 15.8 Å². The summed E-state index contributed by atoms with van der Waals surface area (Å²) >= 11 is 0.454. The van der Waals surface area contributed by atoms with Crippen molar-refractivity contribution in [2.75, 3.05) is 0 Å². The first-order valence-electron chi connectivity index (χ1n) is 8.56. The van der Waals surface area contributed by atoms with Crippen molar-refractivity contribution in [1.82, 2.24) is 0 Å². The number of unbranched alkanes of at least 4 members (excludes halogenated alkanes) is 13. The zero-order valence-electron chi connectivity index (χ0n) is 13.1. The zero-order chi connectivity index (χ0) is 13.3.